The molecule has 2 atom stereocenters. The van der Waals surface area contributed by atoms with Crippen molar-refractivity contribution in [2.45, 2.75) is 90.8 Å². The van der Waals surface area contributed by atoms with Gasteiger partial charge in [-0.2, -0.15) is 0 Å². The van der Waals surface area contributed by atoms with Gasteiger partial charge in [-0.3, -0.25) is 9.59 Å². The first-order valence-electron chi connectivity index (χ1n) is 14.0. The second kappa shape index (κ2) is 15.8. The minimum Gasteiger partial charge on any atom is -0.508 e. The number of nitrogens with one attached hydrogen (secondary N) is 2. The van der Waals surface area contributed by atoms with Gasteiger partial charge in [0.2, 0.25) is 11.8 Å². The maximum Gasteiger partial charge on any atom is 0.408 e. The molecule has 0 saturated carbocycles. The number of ether oxygens (including phenoxy) is 1. The van der Waals surface area contributed by atoms with Crippen molar-refractivity contribution in [1.29, 1.82) is 0 Å². The lowest BCUT2D eigenvalue weighted by Crippen LogP contribution is -2.54. The molecule has 3 amide bonds. The molecule has 0 saturated heterocycles. The number of aromatic hydroxyl groups is 1. The summed E-state index contributed by atoms with van der Waals surface area (Å²) in [6, 6.07) is 13.9. The minimum absolute atomic E-state index is 0.00638. The number of alkyl carbamates (subject to hydrolysis) is 1. The zero-order valence-corrected chi connectivity index (χ0v) is 24.0. The molecule has 0 aromatic heterocycles. The Hall–Kier alpha value is -3.55. The maximum atomic E-state index is 14.2. The van der Waals surface area contributed by atoms with Crippen LogP contribution in [-0.4, -0.2) is 52.6 Å². The van der Waals surface area contributed by atoms with E-state index in [1.54, 1.807) is 32.9 Å². The molecule has 0 spiro atoms. The SMILES string of the molecule is CCCCCNC(=O)C(c1cccc(O)c1)N(CCCC)C(=O)C(Cc1ccccc1)NC(=O)OC(C)(C)C. The zero-order chi connectivity index (χ0) is 28.8. The summed E-state index contributed by atoms with van der Waals surface area (Å²) in [6.07, 6.45) is 3.82. The molecule has 0 bridgehead atoms. The average molecular weight is 540 g/mol. The second-order valence-corrected chi connectivity index (χ2v) is 10.8. The van der Waals surface area contributed by atoms with Gasteiger partial charge in [0.1, 0.15) is 23.4 Å². The summed E-state index contributed by atoms with van der Waals surface area (Å²) >= 11 is 0. The zero-order valence-electron chi connectivity index (χ0n) is 24.0. The molecular weight excluding hydrogens is 494 g/mol. The molecule has 39 heavy (non-hydrogen) atoms. The molecular formula is C31H45N3O5. The first-order chi connectivity index (χ1) is 18.6. The summed E-state index contributed by atoms with van der Waals surface area (Å²) < 4.78 is 5.47. The Balaban J connectivity index is 2.48. The van der Waals surface area contributed by atoms with Crippen LogP contribution in [0.3, 0.4) is 0 Å². The summed E-state index contributed by atoms with van der Waals surface area (Å²) in [4.78, 5) is 42.2. The van der Waals surface area contributed by atoms with E-state index >= 15 is 0 Å². The predicted molar refractivity (Wildman–Crippen MR) is 153 cm³/mol. The first kappa shape index (κ1) is 31.7. The lowest BCUT2D eigenvalue weighted by atomic mass is 9.99. The maximum absolute atomic E-state index is 14.2. The van der Waals surface area contributed by atoms with E-state index in [4.69, 9.17) is 4.74 Å². The normalized spacial score (nSPS) is 12.7. The van der Waals surface area contributed by atoms with Crippen LogP contribution >= 0.6 is 0 Å². The van der Waals surface area contributed by atoms with Gasteiger partial charge >= 0.3 is 6.09 Å². The van der Waals surface area contributed by atoms with E-state index in [0.717, 1.165) is 31.2 Å². The van der Waals surface area contributed by atoms with Crippen molar-refractivity contribution >= 4 is 17.9 Å². The van der Waals surface area contributed by atoms with E-state index in [-0.39, 0.29) is 18.1 Å². The lowest BCUT2D eigenvalue weighted by Gasteiger charge is -2.34. The van der Waals surface area contributed by atoms with Crippen molar-refractivity contribution in [1.82, 2.24) is 15.5 Å². The fourth-order valence-corrected chi connectivity index (χ4v) is 4.25. The highest BCUT2D eigenvalue weighted by Crippen LogP contribution is 2.26. The predicted octanol–water partition coefficient (Wildman–Crippen LogP) is 5.50. The molecule has 8 nitrogen and oxygen atoms in total. The number of phenols is 1. The van der Waals surface area contributed by atoms with E-state index in [0.29, 0.717) is 25.1 Å². The molecule has 0 fully saturated rings. The molecule has 214 valence electrons. The van der Waals surface area contributed by atoms with Gasteiger partial charge in [0, 0.05) is 19.5 Å². The van der Waals surface area contributed by atoms with Crippen LogP contribution in [0.5, 0.6) is 5.75 Å². The number of nitrogens with zero attached hydrogens (tertiary/aromatic N) is 1. The van der Waals surface area contributed by atoms with Crippen LogP contribution in [0.1, 0.15) is 83.9 Å². The molecule has 2 unspecified atom stereocenters. The smallest absolute Gasteiger partial charge is 0.408 e. The number of hydrogen-bond donors (Lipinski definition) is 3. The molecule has 8 heteroatoms. The summed E-state index contributed by atoms with van der Waals surface area (Å²) in [6.45, 7) is 10.2. The first-order valence-corrected chi connectivity index (χ1v) is 14.0. The van der Waals surface area contributed by atoms with Gasteiger partial charge in [-0.25, -0.2) is 4.79 Å². The van der Waals surface area contributed by atoms with Crippen molar-refractivity contribution in [2.24, 2.45) is 0 Å². The van der Waals surface area contributed by atoms with Crippen molar-refractivity contribution in [2.75, 3.05) is 13.1 Å². The summed E-state index contributed by atoms with van der Waals surface area (Å²) in [5.74, 6) is -0.709. The average Bonchev–Trinajstić information content (AvgIpc) is 2.87. The Labute approximate surface area is 233 Å². The second-order valence-electron chi connectivity index (χ2n) is 10.8. The highest BCUT2D eigenvalue weighted by molar-refractivity contribution is 5.92. The van der Waals surface area contributed by atoms with Crippen molar-refractivity contribution in [3.8, 4) is 5.75 Å². The topological polar surface area (TPSA) is 108 Å². The highest BCUT2D eigenvalue weighted by atomic mass is 16.6. The van der Waals surface area contributed by atoms with E-state index in [1.165, 1.54) is 17.0 Å². The van der Waals surface area contributed by atoms with Crippen LogP contribution in [0, 0.1) is 0 Å². The molecule has 0 aliphatic carbocycles. The van der Waals surface area contributed by atoms with Gasteiger partial charge < -0.3 is 25.4 Å². The van der Waals surface area contributed by atoms with Crippen LogP contribution in [0.2, 0.25) is 0 Å². The Morgan fingerprint density at radius 3 is 2.26 bits per heavy atom. The van der Waals surface area contributed by atoms with Gasteiger partial charge in [0.25, 0.3) is 0 Å². The van der Waals surface area contributed by atoms with Crippen LogP contribution in [0.25, 0.3) is 0 Å². The third-order valence-electron chi connectivity index (χ3n) is 6.13. The fraction of sp³-hybridized carbons (Fsp3) is 0.516. The van der Waals surface area contributed by atoms with Crippen LogP contribution < -0.4 is 10.6 Å². The quantitative estimate of drug-likeness (QED) is 0.275. The number of carbonyl (C=O) groups excluding carboxylic acids is 3. The highest BCUT2D eigenvalue weighted by Gasteiger charge is 2.36. The van der Waals surface area contributed by atoms with E-state index in [9.17, 15) is 19.5 Å². The third-order valence-corrected chi connectivity index (χ3v) is 6.13. The van der Waals surface area contributed by atoms with Gasteiger partial charge in [0.15, 0.2) is 0 Å². The number of hydrogen-bond acceptors (Lipinski definition) is 5. The van der Waals surface area contributed by atoms with Crippen molar-refractivity contribution < 1.29 is 24.2 Å². The van der Waals surface area contributed by atoms with E-state index in [1.807, 2.05) is 37.3 Å². The molecule has 3 N–H and O–H groups in total. The molecule has 2 aromatic carbocycles. The van der Waals surface area contributed by atoms with Crippen LogP contribution in [-0.2, 0) is 20.7 Å². The molecule has 2 rings (SSSR count). The van der Waals surface area contributed by atoms with Crippen molar-refractivity contribution in [3.63, 3.8) is 0 Å². The number of rotatable bonds is 14. The Morgan fingerprint density at radius 1 is 0.949 bits per heavy atom. The fourth-order valence-electron chi connectivity index (χ4n) is 4.25. The van der Waals surface area contributed by atoms with Gasteiger partial charge in [-0.15, -0.1) is 0 Å². The summed E-state index contributed by atoms with van der Waals surface area (Å²) in [5, 5.41) is 16.0. The number of carbonyl (C=O) groups is 3. The van der Waals surface area contributed by atoms with E-state index in [2.05, 4.69) is 17.6 Å². The number of benzene rings is 2. The molecule has 0 radical (unpaired) electrons. The number of unbranched alkanes of at least 4 members (excludes halogenated alkanes) is 3. The number of amides is 3. The molecule has 2 aromatic rings. The largest absolute Gasteiger partial charge is 0.508 e. The monoisotopic (exact) mass is 539 g/mol. The minimum atomic E-state index is -0.975. The number of phenolic OH excluding ortho intramolecular Hbond substituents is 1. The summed E-state index contributed by atoms with van der Waals surface area (Å²) in [5.41, 5.74) is 0.623. The van der Waals surface area contributed by atoms with Gasteiger partial charge in [0.05, 0.1) is 0 Å². The molecule has 0 heterocycles. The Morgan fingerprint density at radius 2 is 1.64 bits per heavy atom. The summed E-state index contributed by atoms with van der Waals surface area (Å²) in [7, 11) is 0. The van der Waals surface area contributed by atoms with Crippen LogP contribution in [0.4, 0.5) is 4.79 Å². The van der Waals surface area contributed by atoms with Crippen molar-refractivity contribution in [3.05, 3.63) is 65.7 Å². The van der Waals surface area contributed by atoms with E-state index < -0.39 is 29.7 Å². The molecule has 0 aliphatic heterocycles. The Bertz CT molecular complexity index is 1050. The standard InChI is InChI=1S/C31H45N3O5/c1-6-8-13-19-32-28(36)27(24-17-14-18-25(35)22-24)34(20-9-7-2)29(37)26(21-23-15-11-10-12-16-23)33-30(38)39-31(3,4)5/h10-12,14-18,22,26-27,35H,6-9,13,19-21H2,1-5H3,(H,32,36)(H,33,38). The lowest BCUT2D eigenvalue weighted by molar-refractivity contribution is -0.142. The third kappa shape index (κ3) is 11.0. The van der Waals surface area contributed by atoms with Gasteiger partial charge in [-0.1, -0.05) is 75.6 Å². The van der Waals surface area contributed by atoms with Gasteiger partial charge in [-0.05, 0) is 56.9 Å². The molecule has 0 aliphatic rings. The van der Waals surface area contributed by atoms with Crippen LogP contribution in [0.15, 0.2) is 54.6 Å². The Kier molecular flexibility index (Phi) is 12.8.